The van der Waals surface area contributed by atoms with Crippen molar-refractivity contribution in [3.8, 4) is 16.9 Å². The maximum absolute atomic E-state index is 13.0. The van der Waals surface area contributed by atoms with Crippen LogP contribution in [0, 0.1) is 5.41 Å². The molecule has 11 heteroatoms. The fourth-order valence-corrected chi connectivity index (χ4v) is 6.61. The van der Waals surface area contributed by atoms with Gasteiger partial charge in [-0.3, -0.25) is 0 Å². The Morgan fingerprint density at radius 3 is 2.72 bits per heavy atom. The largest absolute Gasteiger partial charge is 0.491 e. The van der Waals surface area contributed by atoms with E-state index in [0.29, 0.717) is 25.3 Å². The number of nitrogen functional groups attached to an aromatic ring is 1. The molecule has 1 saturated carbocycles. The summed E-state index contributed by atoms with van der Waals surface area (Å²) >= 11 is 0. The molecule has 2 aliphatic carbocycles. The number of benzene rings is 1. The molecule has 0 spiro atoms. The minimum atomic E-state index is -3.87. The van der Waals surface area contributed by atoms with Gasteiger partial charge in [0.1, 0.15) is 35.2 Å². The van der Waals surface area contributed by atoms with Crippen molar-refractivity contribution in [1.82, 2.24) is 19.7 Å². The van der Waals surface area contributed by atoms with E-state index in [4.69, 9.17) is 21.2 Å². The molecule has 0 bridgehead atoms. The molecule has 0 radical (unpaired) electrons. The molecule has 1 fully saturated rings. The van der Waals surface area contributed by atoms with Crippen molar-refractivity contribution in [3.63, 3.8) is 0 Å². The highest BCUT2D eigenvalue weighted by molar-refractivity contribution is 7.89. The number of hydrogen-bond donors (Lipinski definition) is 3. The topological polar surface area (TPSA) is 149 Å². The van der Waals surface area contributed by atoms with Gasteiger partial charge in [-0.1, -0.05) is 19.9 Å². The lowest BCUT2D eigenvalue weighted by Gasteiger charge is -2.33. The third kappa shape index (κ3) is 5.30. The third-order valence-corrected chi connectivity index (χ3v) is 9.49. The molecule has 0 atom stereocenters. The van der Waals surface area contributed by atoms with Crippen LogP contribution in [0.3, 0.4) is 0 Å². The fourth-order valence-electron chi connectivity index (χ4n) is 5.37. The van der Waals surface area contributed by atoms with Crippen LogP contribution in [0.5, 0.6) is 5.75 Å². The number of ether oxygens (including phenoxy) is 1. The number of aryl methyl sites for hydroxylation is 1. The Kier molecular flexibility index (Phi) is 6.28. The van der Waals surface area contributed by atoms with Gasteiger partial charge in [-0.2, -0.15) is 0 Å². The molecule has 2 aromatic heterocycles. The first kappa shape index (κ1) is 26.0. The zero-order valence-corrected chi connectivity index (χ0v) is 23.2. The molecule has 6 rings (SSSR count). The van der Waals surface area contributed by atoms with E-state index in [-0.39, 0.29) is 22.7 Å². The van der Waals surface area contributed by atoms with Gasteiger partial charge in [-0.15, -0.1) is 0 Å². The third-order valence-electron chi connectivity index (χ3n) is 8.06. The van der Waals surface area contributed by atoms with Gasteiger partial charge in [0.15, 0.2) is 0 Å². The van der Waals surface area contributed by atoms with Crippen LogP contribution >= 0.6 is 0 Å². The SMILES string of the molecule is CC1(C)CCc2ncnc(N3CCOc4ccc(-c5cnc(N)c(S(=O)(=O)NCC6(N)CC6)c5)cc4C3)c2C1. The van der Waals surface area contributed by atoms with Crippen molar-refractivity contribution in [1.29, 1.82) is 0 Å². The monoisotopic (exact) mass is 549 g/mol. The Balaban J connectivity index is 1.30. The average molecular weight is 550 g/mol. The standard InChI is InChI=1S/C28H35N7O3S/c1-27(2)6-5-22-21(13-27)26(33-17-32-22)35-9-10-38-23-4-3-18(11-20(23)15-35)19-12-24(25(29)31-14-19)39(36,37)34-16-28(30)7-8-28/h3-4,11-12,14,17,34H,5-10,13,15-16,30H2,1-2H3,(H2,29,31). The number of nitrogens with one attached hydrogen (secondary N) is 1. The zero-order valence-electron chi connectivity index (χ0n) is 22.4. The van der Waals surface area contributed by atoms with Crippen molar-refractivity contribution < 1.29 is 13.2 Å². The number of pyridine rings is 1. The molecule has 3 aliphatic rings. The average Bonchev–Trinajstić information content (AvgIpc) is 3.68. The first-order valence-corrected chi connectivity index (χ1v) is 14.9. The number of aromatic nitrogens is 3. The summed E-state index contributed by atoms with van der Waals surface area (Å²) in [6, 6.07) is 7.45. The van der Waals surface area contributed by atoms with Gasteiger partial charge in [-0.05, 0) is 61.3 Å². The maximum atomic E-state index is 13.0. The molecular weight excluding hydrogens is 514 g/mol. The van der Waals surface area contributed by atoms with Crippen LogP contribution in [0.1, 0.15) is 49.9 Å². The second-order valence-electron chi connectivity index (χ2n) is 11.9. The summed E-state index contributed by atoms with van der Waals surface area (Å²) < 4.78 is 34.8. The second-order valence-corrected chi connectivity index (χ2v) is 13.6. The number of nitrogens with zero attached hydrogens (tertiary/aromatic N) is 4. The van der Waals surface area contributed by atoms with E-state index in [2.05, 4.69) is 33.4 Å². The summed E-state index contributed by atoms with van der Waals surface area (Å²) in [6.45, 7) is 6.62. The van der Waals surface area contributed by atoms with Gasteiger partial charge in [0.2, 0.25) is 10.0 Å². The van der Waals surface area contributed by atoms with Crippen molar-refractivity contribution >= 4 is 21.7 Å². The Labute approximate surface area is 229 Å². The van der Waals surface area contributed by atoms with Gasteiger partial charge in [-0.25, -0.2) is 28.1 Å². The van der Waals surface area contributed by atoms with E-state index >= 15 is 0 Å². The number of anilines is 2. The molecule has 0 unspecified atom stereocenters. The predicted molar refractivity (Wildman–Crippen MR) is 150 cm³/mol. The Hall–Kier alpha value is -3.28. The first-order chi connectivity index (χ1) is 18.5. The van der Waals surface area contributed by atoms with Crippen LogP contribution in [0.15, 0.2) is 41.7 Å². The molecule has 3 heterocycles. The summed E-state index contributed by atoms with van der Waals surface area (Å²) in [5, 5.41) is 0. The Bertz CT molecular complexity index is 1540. The summed E-state index contributed by atoms with van der Waals surface area (Å²) in [5.41, 5.74) is 16.6. The molecule has 1 aromatic carbocycles. The highest BCUT2D eigenvalue weighted by Gasteiger charge is 2.39. The minimum Gasteiger partial charge on any atom is -0.491 e. The van der Waals surface area contributed by atoms with Gasteiger partial charge < -0.3 is 21.1 Å². The molecule has 10 nitrogen and oxygen atoms in total. The number of hydrogen-bond acceptors (Lipinski definition) is 9. The van der Waals surface area contributed by atoms with Crippen LogP contribution in [-0.2, 0) is 29.4 Å². The summed E-state index contributed by atoms with van der Waals surface area (Å²) in [6.07, 6.45) is 7.87. The van der Waals surface area contributed by atoms with Crippen LogP contribution in [0.4, 0.5) is 11.6 Å². The highest BCUT2D eigenvalue weighted by atomic mass is 32.2. The molecule has 5 N–H and O–H groups in total. The fraction of sp³-hybridized carbons (Fsp3) is 0.464. The molecule has 39 heavy (non-hydrogen) atoms. The summed E-state index contributed by atoms with van der Waals surface area (Å²) in [4.78, 5) is 15.7. The smallest absolute Gasteiger partial charge is 0.244 e. The maximum Gasteiger partial charge on any atom is 0.244 e. The van der Waals surface area contributed by atoms with Crippen LogP contribution < -0.4 is 25.8 Å². The highest BCUT2D eigenvalue weighted by Crippen LogP contribution is 2.39. The van der Waals surface area contributed by atoms with Crippen molar-refractivity contribution in [3.05, 3.63) is 53.6 Å². The van der Waals surface area contributed by atoms with Gasteiger partial charge in [0, 0.05) is 47.2 Å². The number of rotatable bonds is 6. The van der Waals surface area contributed by atoms with Crippen molar-refractivity contribution in [2.24, 2.45) is 11.1 Å². The van der Waals surface area contributed by atoms with Gasteiger partial charge in [0.05, 0.1) is 6.54 Å². The molecule has 0 saturated heterocycles. The van der Waals surface area contributed by atoms with Crippen molar-refractivity contribution in [2.75, 3.05) is 30.3 Å². The van der Waals surface area contributed by atoms with E-state index in [0.717, 1.165) is 60.5 Å². The molecule has 206 valence electrons. The normalized spacial score (nSPS) is 19.4. The predicted octanol–water partition coefficient (Wildman–Crippen LogP) is 2.80. The lowest BCUT2D eigenvalue weighted by Crippen LogP contribution is -2.39. The summed E-state index contributed by atoms with van der Waals surface area (Å²) in [7, 11) is -3.87. The molecular formula is C28H35N7O3S. The lowest BCUT2D eigenvalue weighted by atomic mass is 9.76. The summed E-state index contributed by atoms with van der Waals surface area (Å²) in [5.74, 6) is 1.73. The van der Waals surface area contributed by atoms with E-state index in [1.807, 2.05) is 18.2 Å². The van der Waals surface area contributed by atoms with Crippen LogP contribution in [-0.4, -0.2) is 48.6 Å². The Morgan fingerprint density at radius 2 is 1.92 bits per heavy atom. The molecule has 3 aromatic rings. The number of fused-ring (bicyclic) bond motifs is 2. The lowest BCUT2D eigenvalue weighted by molar-refractivity contribution is 0.310. The Morgan fingerprint density at radius 1 is 1.10 bits per heavy atom. The van der Waals surface area contributed by atoms with Gasteiger partial charge >= 0.3 is 0 Å². The molecule has 1 aliphatic heterocycles. The van der Waals surface area contributed by atoms with Crippen molar-refractivity contribution in [2.45, 2.75) is 62.9 Å². The van der Waals surface area contributed by atoms with Gasteiger partial charge in [0.25, 0.3) is 0 Å². The first-order valence-electron chi connectivity index (χ1n) is 13.4. The van der Waals surface area contributed by atoms with E-state index in [1.54, 1.807) is 18.6 Å². The van der Waals surface area contributed by atoms with Crippen LogP contribution in [0.25, 0.3) is 11.1 Å². The number of sulfonamides is 1. The minimum absolute atomic E-state index is 0.0474. The second kappa shape index (κ2) is 9.42. The van der Waals surface area contributed by atoms with E-state index in [1.165, 1.54) is 5.56 Å². The van der Waals surface area contributed by atoms with E-state index < -0.39 is 15.6 Å². The zero-order chi connectivity index (χ0) is 27.4. The molecule has 0 amide bonds. The quantitative estimate of drug-likeness (QED) is 0.422. The number of nitrogens with two attached hydrogens (primary N) is 2. The van der Waals surface area contributed by atoms with Crippen LogP contribution in [0.2, 0.25) is 0 Å². The van der Waals surface area contributed by atoms with E-state index in [9.17, 15) is 8.42 Å².